The van der Waals surface area contributed by atoms with Crippen molar-refractivity contribution in [1.82, 2.24) is 15.5 Å². The molecule has 0 saturated heterocycles. The molecule has 0 unspecified atom stereocenters. The zero-order valence-corrected chi connectivity index (χ0v) is 15.8. The molecule has 0 spiro atoms. The lowest BCUT2D eigenvalue weighted by Crippen LogP contribution is -2.44. The summed E-state index contributed by atoms with van der Waals surface area (Å²) in [6.07, 6.45) is 5.91. The van der Waals surface area contributed by atoms with Crippen molar-refractivity contribution in [2.24, 2.45) is 0 Å². The molecule has 1 saturated carbocycles. The largest absolute Gasteiger partial charge is 0.495 e. The smallest absolute Gasteiger partial charge is 0.253 e. The molecule has 1 heterocycles. The van der Waals surface area contributed by atoms with Crippen LogP contribution in [0, 0.1) is 0 Å². The van der Waals surface area contributed by atoms with E-state index in [0.29, 0.717) is 29.4 Å². The zero-order valence-electron chi connectivity index (χ0n) is 15.1. The van der Waals surface area contributed by atoms with Crippen molar-refractivity contribution in [3.63, 3.8) is 0 Å². The predicted molar refractivity (Wildman–Crippen MR) is 100 cm³/mol. The molecule has 3 rings (SSSR count). The van der Waals surface area contributed by atoms with Crippen LogP contribution in [0.15, 0.2) is 30.5 Å². The fourth-order valence-electron chi connectivity index (χ4n) is 3.08. The molecule has 1 aliphatic rings. The molecule has 1 aromatic heterocycles. The number of aliphatic hydroxyl groups is 1. The van der Waals surface area contributed by atoms with E-state index in [2.05, 4.69) is 15.5 Å². The minimum absolute atomic E-state index is 0.203. The van der Waals surface area contributed by atoms with Crippen LogP contribution in [0.2, 0.25) is 5.02 Å². The van der Waals surface area contributed by atoms with E-state index in [1.807, 2.05) is 0 Å². The Bertz CT molecular complexity index is 809. The van der Waals surface area contributed by atoms with Crippen LogP contribution in [0.3, 0.4) is 0 Å². The predicted octanol–water partition coefficient (Wildman–Crippen LogP) is 3.36. The number of hydrogen-bond donors (Lipinski definition) is 2. The van der Waals surface area contributed by atoms with E-state index < -0.39 is 5.60 Å². The van der Waals surface area contributed by atoms with E-state index in [-0.39, 0.29) is 23.9 Å². The third-order valence-corrected chi connectivity index (χ3v) is 4.94. The van der Waals surface area contributed by atoms with Crippen molar-refractivity contribution in [3.8, 4) is 17.4 Å². The molecule has 1 amide bonds. The summed E-state index contributed by atoms with van der Waals surface area (Å²) >= 11 is 6.17. The van der Waals surface area contributed by atoms with Crippen LogP contribution in [0.5, 0.6) is 17.4 Å². The van der Waals surface area contributed by atoms with E-state index in [0.717, 1.165) is 19.3 Å². The van der Waals surface area contributed by atoms with Gasteiger partial charge in [0.05, 0.1) is 29.5 Å². The molecule has 1 fully saturated rings. The maximum atomic E-state index is 12.5. The monoisotopic (exact) mass is 391 g/mol. The molecule has 1 aromatic carbocycles. The first-order chi connectivity index (χ1) is 13.0. The second kappa shape index (κ2) is 8.54. The lowest BCUT2D eigenvalue weighted by Gasteiger charge is -2.32. The molecule has 8 heteroatoms. The summed E-state index contributed by atoms with van der Waals surface area (Å²) in [6, 6.07) is 6.33. The third-order valence-electron chi connectivity index (χ3n) is 4.61. The highest BCUT2D eigenvalue weighted by Crippen LogP contribution is 2.29. The number of rotatable bonds is 6. The minimum atomic E-state index is -0.843. The normalized spacial score (nSPS) is 15.8. The molecule has 7 nitrogen and oxygen atoms in total. The minimum Gasteiger partial charge on any atom is -0.495 e. The lowest BCUT2D eigenvalue weighted by molar-refractivity contribution is 0.00526. The Hall–Kier alpha value is -2.38. The van der Waals surface area contributed by atoms with Gasteiger partial charge in [-0.25, -0.2) is 0 Å². The highest BCUT2D eigenvalue weighted by molar-refractivity contribution is 6.33. The molecule has 2 aromatic rings. The van der Waals surface area contributed by atoms with E-state index >= 15 is 0 Å². The van der Waals surface area contributed by atoms with Gasteiger partial charge in [0.15, 0.2) is 0 Å². The highest BCUT2D eigenvalue weighted by atomic mass is 35.5. The number of amides is 1. The number of nitrogens with zero attached hydrogens (tertiary/aromatic N) is 2. The number of methoxy groups -OCH3 is 1. The van der Waals surface area contributed by atoms with E-state index in [4.69, 9.17) is 21.1 Å². The fourth-order valence-corrected chi connectivity index (χ4v) is 3.28. The summed E-state index contributed by atoms with van der Waals surface area (Å²) in [5.74, 6) is 0.775. The Morgan fingerprint density at radius 3 is 2.78 bits per heavy atom. The van der Waals surface area contributed by atoms with Crippen LogP contribution in [-0.4, -0.2) is 40.5 Å². The van der Waals surface area contributed by atoms with Gasteiger partial charge in [0.2, 0.25) is 5.88 Å². The van der Waals surface area contributed by atoms with Crippen molar-refractivity contribution in [3.05, 3.63) is 41.0 Å². The van der Waals surface area contributed by atoms with Crippen LogP contribution < -0.4 is 14.8 Å². The molecular weight excluding hydrogens is 370 g/mol. The molecule has 1 aliphatic carbocycles. The first-order valence-corrected chi connectivity index (χ1v) is 9.22. The summed E-state index contributed by atoms with van der Waals surface area (Å²) in [7, 11) is 1.52. The second-order valence-electron chi connectivity index (χ2n) is 6.65. The first kappa shape index (κ1) is 19.4. The van der Waals surface area contributed by atoms with Crippen molar-refractivity contribution >= 4 is 17.5 Å². The Kier molecular flexibility index (Phi) is 6.13. The van der Waals surface area contributed by atoms with Crippen LogP contribution in [0.25, 0.3) is 0 Å². The summed E-state index contributed by atoms with van der Waals surface area (Å²) in [5, 5.41) is 21.3. The molecule has 0 atom stereocenters. The van der Waals surface area contributed by atoms with Gasteiger partial charge in [0.25, 0.3) is 5.91 Å². The number of halogens is 1. The SMILES string of the molecule is COc1cnnc(Oc2ccc(Cl)c(C(=O)NCC3(O)CCCCC3)c2)c1. The Balaban J connectivity index is 1.69. The Morgan fingerprint density at radius 2 is 2.04 bits per heavy atom. The number of carbonyl (C=O) groups excluding carboxylic acids is 1. The van der Waals surface area contributed by atoms with Crippen molar-refractivity contribution in [1.29, 1.82) is 0 Å². The van der Waals surface area contributed by atoms with E-state index in [9.17, 15) is 9.90 Å². The molecule has 144 valence electrons. The van der Waals surface area contributed by atoms with E-state index in [1.165, 1.54) is 19.4 Å². The number of hydrogen-bond acceptors (Lipinski definition) is 6. The van der Waals surface area contributed by atoms with Gasteiger partial charge in [-0.2, -0.15) is 5.10 Å². The lowest BCUT2D eigenvalue weighted by atomic mass is 9.85. The van der Waals surface area contributed by atoms with Crippen LogP contribution in [0.1, 0.15) is 42.5 Å². The quantitative estimate of drug-likeness (QED) is 0.784. The second-order valence-corrected chi connectivity index (χ2v) is 7.05. The van der Waals surface area contributed by atoms with Crippen LogP contribution >= 0.6 is 11.6 Å². The molecular formula is C19H22ClN3O4. The average Bonchev–Trinajstić information content (AvgIpc) is 2.68. The number of ether oxygens (including phenoxy) is 2. The number of carbonyl (C=O) groups is 1. The molecule has 0 radical (unpaired) electrons. The summed E-state index contributed by atoms with van der Waals surface area (Å²) in [4.78, 5) is 12.5. The number of aromatic nitrogens is 2. The van der Waals surface area contributed by atoms with Gasteiger partial charge in [-0.1, -0.05) is 30.9 Å². The van der Waals surface area contributed by atoms with Crippen LogP contribution in [0.4, 0.5) is 0 Å². The first-order valence-electron chi connectivity index (χ1n) is 8.84. The Morgan fingerprint density at radius 1 is 1.26 bits per heavy atom. The standard InChI is InChI=1S/C19H22ClN3O4/c1-26-14-10-17(23-22-11-14)27-13-5-6-16(20)15(9-13)18(24)21-12-19(25)7-3-2-4-8-19/h5-6,9-11,25H,2-4,7-8,12H2,1H3,(H,21,24). The molecule has 0 bridgehead atoms. The number of nitrogens with one attached hydrogen (secondary N) is 1. The van der Waals surface area contributed by atoms with Gasteiger partial charge >= 0.3 is 0 Å². The molecule has 2 N–H and O–H groups in total. The van der Waals surface area contributed by atoms with Gasteiger partial charge in [-0.15, -0.1) is 5.10 Å². The average molecular weight is 392 g/mol. The van der Waals surface area contributed by atoms with Gasteiger partial charge < -0.3 is 19.9 Å². The fraction of sp³-hybridized carbons (Fsp3) is 0.421. The topological polar surface area (TPSA) is 93.6 Å². The number of benzene rings is 1. The molecule has 0 aliphatic heterocycles. The summed E-state index contributed by atoms with van der Waals surface area (Å²) in [6.45, 7) is 0.203. The van der Waals surface area contributed by atoms with Crippen molar-refractivity contribution < 1.29 is 19.4 Å². The molecule has 27 heavy (non-hydrogen) atoms. The van der Waals surface area contributed by atoms with Crippen LogP contribution in [-0.2, 0) is 0 Å². The maximum Gasteiger partial charge on any atom is 0.253 e. The highest BCUT2D eigenvalue weighted by Gasteiger charge is 2.29. The summed E-state index contributed by atoms with van der Waals surface area (Å²) < 4.78 is 10.7. The Labute approximate surface area is 162 Å². The van der Waals surface area contributed by atoms with Crippen molar-refractivity contribution in [2.75, 3.05) is 13.7 Å². The van der Waals surface area contributed by atoms with Gasteiger partial charge in [0.1, 0.15) is 11.5 Å². The van der Waals surface area contributed by atoms with Gasteiger partial charge in [-0.3, -0.25) is 4.79 Å². The zero-order chi connectivity index (χ0) is 19.3. The van der Waals surface area contributed by atoms with Crippen molar-refractivity contribution in [2.45, 2.75) is 37.7 Å². The van der Waals surface area contributed by atoms with Gasteiger partial charge in [-0.05, 0) is 31.0 Å². The third kappa shape index (κ3) is 5.08. The maximum absolute atomic E-state index is 12.5. The van der Waals surface area contributed by atoms with Gasteiger partial charge in [0, 0.05) is 12.6 Å². The van der Waals surface area contributed by atoms with E-state index in [1.54, 1.807) is 18.2 Å². The summed E-state index contributed by atoms with van der Waals surface area (Å²) in [5.41, 5.74) is -0.575.